The van der Waals surface area contributed by atoms with Crippen LogP contribution in [0.1, 0.15) is 21.6 Å². The Bertz CT molecular complexity index is 986. The van der Waals surface area contributed by atoms with E-state index in [-0.39, 0.29) is 22.2 Å². The van der Waals surface area contributed by atoms with Gasteiger partial charge in [-0.25, -0.2) is 4.68 Å². The molecule has 0 bridgehead atoms. The van der Waals surface area contributed by atoms with E-state index >= 15 is 0 Å². The molecule has 0 aliphatic rings. The highest BCUT2D eigenvalue weighted by atomic mass is 35.5. The van der Waals surface area contributed by atoms with Gasteiger partial charge in [0.25, 0.3) is 5.91 Å². The van der Waals surface area contributed by atoms with Gasteiger partial charge < -0.3 is 10.4 Å². The molecule has 2 N–H and O–H groups in total. The van der Waals surface area contributed by atoms with Crippen molar-refractivity contribution in [3.8, 4) is 5.75 Å². The van der Waals surface area contributed by atoms with Crippen LogP contribution < -0.4 is 5.32 Å². The normalized spacial score (nSPS) is 10.8. The van der Waals surface area contributed by atoms with Crippen LogP contribution in [0.3, 0.4) is 0 Å². The van der Waals surface area contributed by atoms with Gasteiger partial charge in [0.15, 0.2) is 0 Å². The largest absolute Gasteiger partial charge is 0.506 e. The van der Waals surface area contributed by atoms with Crippen molar-refractivity contribution >= 4 is 46.4 Å². The standard InChI is InChI=1S/C18H14Cl3N3O2/c1-10-16(18(26)22-14-8-12(19)6-7-15(14)25)17(21)24(23-10)9-11-4-2-3-5-13(11)20/h2-8,25H,9H2,1H3,(H,22,26). The minimum Gasteiger partial charge on any atom is -0.506 e. The molecule has 5 nitrogen and oxygen atoms in total. The molecule has 3 aromatic rings. The number of carbonyl (C=O) groups is 1. The Morgan fingerprint density at radius 3 is 2.65 bits per heavy atom. The molecule has 2 aromatic carbocycles. The Morgan fingerprint density at radius 1 is 1.19 bits per heavy atom. The average molecular weight is 411 g/mol. The van der Waals surface area contributed by atoms with Gasteiger partial charge in [0.05, 0.1) is 23.5 Å². The Kier molecular flexibility index (Phi) is 5.41. The number of rotatable bonds is 4. The molecule has 1 amide bonds. The number of benzene rings is 2. The summed E-state index contributed by atoms with van der Waals surface area (Å²) >= 11 is 18.4. The summed E-state index contributed by atoms with van der Waals surface area (Å²) in [4.78, 5) is 12.6. The zero-order chi connectivity index (χ0) is 18.8. The molecule has 26 heavy (non-hydrogen) atoms. The van der Waals surface area contributed by atoms with E-state index in [2.05, 4.69) is 10.4 Å². The monoisotopic (exact) mass is 409 g/mol. The molecule has 0 fully saturated rings. The van der Waals surface area contributed by atoms with Crippen molar-refractivity contribution in [3.63, 3.8) is 0 Å². The van der Waals surface area contributed by atoms with Crippen molar-refractivity contribution in [2.24, 2.45) is 0 Å². The number of aromatic hydroxyl groups is 1. The third-order valence-corrected chi connectivity index (χ3v) is 4.77. The number of hydrogen-bond acceptors (Lipinski definition) is 3. The molecule has 134 valence electrons. The average Bonchev–Trinajstić information content (AvgIpc) is 2.87. The maximum atomic E-state index is 12.6. The highest BCUT2D eigenvalue weighted by Crippen LogP contribution is 2.29. The van der Waals surface area contributed by atoms with E-state index in [0.29, 0.717) is 22.3 Å². The number of phenolic OH excluding ortho intramolecular Hbond substituents is 1. The van der Waals surface area contributed by atoms with Crippen molar-refractivity contribution < 1.29 is 9.90 Å². The van der Waals surface area contributed by atoms with Crippen LogP contribution in [0.25, 0.3) is 0 Å². The van der Waals surface area contributed by atoms with Crippen LogP contribution in [-0.4, -0.2) is 20.8 Å². The molecule has 0 saturated carbocycles. The molecule has 0 aliphatic carbocycles. The number of amides is 1. The summed E-state index contributed by atoms with van der Waals surface area (Å²) in [6, 6.07) is 11.7. The molecule has 1 heterocycles. The smallest absolute Gasteiger partial charge is 0.260 e. The number of nitrogens with zero attached hydrogens (tertiary/aromatic N) is 2. The fourth-order valence-electron chi connectivity index (χ4n) is 2.50. The molecule has 0 atom stereocenters. The summed E-state index contributed by atoms with van der Waals surface area (Å²) in [5.41, 5.74) is 1.70. The van der Waals surface area contributed by atoms with E-state index in [1.165, 1.54) is 22.9 Å². The van der Waals surface area contributed by atoms with E-state index in [0.717, 1.165) is 5.56 Å². The lowest BCUT2D eigenvalue weighted by molar-refractivity contribution is 0.102. The second kappa shape index (κ2) is 7.58. The topological polar surface area (TPSA) is 67.2 Å². The summed E-state index contributed by atoms with van der Waals surface area (Å²) in [5.74, 6) is -0.588. The van der Waals surface area contributed by atoms with Gasteiger partial charge in [-0.3, -0.25) is 4.79 Å². The van der Waals surface area contributed by atoms with Crippen molar-refractivity contribution in [1.82, 2.24) is 9.78 Å². The highest BCUT2D eigenvalue weighted by Gasteiger charge is 2.21. The molecule has 0 unspecified atom stereocenters. The molecule has 3 rings (SSSR count). The summed E-state index contributed by atoms with van der Waals surface area (Å²) in [6.07, 6.45) is 0. The third-order valence-electron chi connectivity index (χ3n) is 3.78. The lowest BCUT2D eigenvalue weighted by Gasteiger charge is -2.08. The summed E-state index contributed by atoms with van der Waals surface area (Å²) < 4.78 is 1.50. The molecule has 1 aromatic heterocycles. The first-order chi connectivity index (χ1) is 12.4. The number of aromatic nitrogens is 2. The molecule has 0 spiro atoms. The van der Waals surface area contributed by atoms with Gasteiger partial charge in [-0.05, 0) is 36.8 Å². The zero-order valence-corrected chi connectivity index (χ0v) is 15.9. The number of nitrogens with one attached hydrogen (secondary N) is 1. The van der Waals surface area contributed by atoms with Crippen molar-refractivity contribution in [2.45, 2.75) is 13.5 Å². The van der Waals surface area contributed by atoms with Crippen LogP contribution in [0.4, 0.5) is 5.69 Å². The molecular weight excluding hydrogens is 397 g/mol. The Morgan fingerprint density at radius 2 is 1.92 bits per heavy atom. The number of hydrogen-bond donors (Lipinski definition) is 2. The molecule has 0 saturated heterocycles. The van der Waals surface area contributed by atoms with E-state index in [1.54, 1.807) is 13.0 Å². The fraction of sp³-hybridized carbons (Fsp3) is 0.111. The number of aryl methyl sites for hydroxylation is 1. The van der Waals surface area contributed by atoms with Gasteiger partial charge in [0.2, 0.25) is 0 Å². The molecule has 0 radical (unpaired) electrons. The highest BCUT2D eigenvalue weighted by molar-refractivity contribution is 6.34. The van der Waals surface area contributed by atoms with Gasteiger partial charge in [0.1, 0.15) is 10.9 Å². The Hall–Kier alpha value is -2.21. The third kappa shape index (κ3) is 3.80. The van der Waals surface area contributed by atoms with Crippen LogP contribution in [0, 0.1) is 6.92 Å². The SMILES string of the molecule is Cc1nn(Cc2ccccc2Cl)c(Cl)c1C(=O)Nc1cc(Cl)ccc1O. The Labute approximate surface area is 165 Å². The maximum Gasteiger partial charge on any atom is 0.260 e. The van der Waals surface area contributed by atoms with Crippen molar-refractivity contribution in [2.75, 3.05) is 5.32 Å². The van der Waals surface area contributed by atoms with E-state index in [4.69, 9.17) is 34.8 Å². The second-order valence-corrected chi connectivity index (χ2v) is 6.82. The number of phenols is 1. The van der Waals surface area contributed by atoms with Gasteiger partial charge in [-0.2, -0.15) is 5.10 Å². The lowest BCUT2D eigenvalue weighted by atomic mass is 10.2. The predicted molar refractivity (Wildman–Crippen MR) is 104 cm³/mol. The minimum atomic E-state index is -0.490. The van der Waals surface area contributed by atoms with Gasteiger partial charge >= 0.3 is 0 Å². The summed E-state index contributed by atoms with van der Waals surface area (Å²) in [7, 11) is 0. The summed E-state index contributed by atoms with van der Waals surface area (Å²) in [5, 5.41) is 17.9. The van der Waals surface area contributed by atoms with E-state index < -0.39 is 5.91 Å². The lowest BCUT2D eigenvalue weighted by Crippen LogP contribution is -2.13. The first kappa shape index (κ1) is 18.6. The first-order valence-electron chi connectivity index (χ1n) is 7.63. The van der Waals surface area contributed by atoms with Crippen LogP contribution in [0.15, 0.2) is 42.5 Å². The first-order valence-corrected chi connectivity index (χ1v) is 8.76. The molecule has 8 heteroatoms. The number of halogens is 3. The zero-order valence-electron chi connectivity index (χ0n) is 13.6. The fourth-order valence-corrected chi connectivity index (χ4v) is 3.18. The van der Waals surface area contributed by atoms with Gasteiger partial charge in [0, 0.05) is 10.0 Å². The van der Waals surface area contributed by atoms with Crippen LogP contribution in [-0.2, 0) is 6.54 Å². The van der Waals surface area contributed by atoms with Crippen LogP contribution in [0.2, 0.25) is 15.2 Å². The quantitative estimate of drug-likeness (QED) is 0.584. The second-order valence-electron chi connectivity index (χ2n) is 5.62. The minimum absolute atomic E-state index is 0.0972. The maximum absolute atomic E-state index is 12.6. The number of anilines is 1. The Balaban J connectivity index is 1.89. The molecular formula is C18H14Cl3N3O2. The van der Waals surface area contributed by atoms with E-state index in [9.17, 15) is 9.90 Å². The van der Waals surface area contributed by atoms with Crippen LogP contribution in [0.5, 0.6) is 5.75 Å². The molecule has 0 aliphatic heterocycles. The predicted octanol–water partition coefficient (Wildman–Crippen LogP) is 5.16. The van der Waals surface area contributed by atoms with Crippen molar-refractivity contribution in [1.29, 1.82) is 0 Å². The van der Waals surface area contributed by atoms with E-state index in [1.807, 2.05) is 18.2 Å². The van der Waals surface area contributed by atoms with Crippen molar-refractivity contribution in [3.05, 3.63) is 74.5 Å². The van der Waals surface area contributed by atoms with Gasteiger partial charge in [-0.15, -0.1) is 0 Å². The van der Waals surface area contributed by atoms with Gasteiger partial charge in [-0.1, -0.05) is 53.0 Å². The number of carbonyl (C=O) groups excluding carboxylic acids is 1. The summed E-state index contributed by atoms with van der Waals surface area (Å²) in [6.45, 7) is 2.01. The van der Waals surface area contributed by atoms with Crippen LogP contribution >= 0.6 is 34.8 Å².